The number of halogens is 1. The van der Waals surface area contributed by atoms with E-state index >= 15 is 0 Å². The first kappa shape index (κ1) is 6.67. The highest BCUT2D eigenvalue weighted by molar-refractivity contribution is 14.1. The van der Waals surface area contributed by atoms with Crippen molar-refractivity contribution < 1.29 is 0 Å². The van der Waals surface area contributed by atoms with E-state index in [-0.39, 0.29) is 0 Å². The summed E-state index contributed by atoms with van der Waals surface area (Å²) >= 11 is 2.19. The van der Waals surface area contributed by atoms with Crippen molar-refractivity contribution in [3.63, 3.8) is 0 Å². The molecule has 0 unspecified atom stereocenters. The van der Waals surface area contributed by atoms with Crippen LogP contribution in [0.1, 0.15) is 0 Å². The molecule has 0 atom stereocenters. The Hall–Kier alpha value is -0.450. The maximum absolute atomic E-state index is 3.96. The first-order valence-electron chi connectivity index (χ1n) is 2.41. The van der Waals surface area contributed by atoms with Gasteiger partial charge in [-0.1, -0.05) is 0 Å². The first-order valence-corrected chi connectivity index (χ1v) is 3.49. The minimum atomic E-state index is 0.676. The number of aliphatic imine (C=N–C) groups is 1. The van der Waals surface area contributed by atoms with Gasteiger partial charge < -0.3 is 0 Å². The summed E-state index contributed by atoms with van der Waals surface area (Å²) in [6, 6.07) is 3.77. The zero-order valence-electron chi connectivity index (χ0n) is 4.71. The fraction of sp³-hybridized carbons (Fsp3) is 0. The van der Waals surface area contributed by atoms with Crippen LogP contribution in [-0.4, -0.2) is 11.7 Å². The van der Waals surface area contributed by atoms with Gasteiger partial charge in [-0.3, -0.25) is 0 Å². The van der Waals surface area contributed by atoms with Crippen molar-refractivity contribution in [2.24, 2.45) is 4.99 Å². The van der Waals surface area contributed by atoms with E-state index in [1.807, 2.05) is 12.1 Å². The van der Waals surface area contributed by atoms with Crippen molar-refractivity contribution in [3.8, 4) is 0 Å². The molecule has 0 aliphatic carbocycles. The maximum Gasteiger partial charge on any atom is 0.151 e. The first-order chi connectivity index (χ1) is 4.33. The van der Waals surface area contributed by atoms with Gasteiger partial charge in [0, 0.05) is 9.77 Å². The fourth-order valence-electron chi connectivity index (χ4n) is 0.462. The third kappa shape index (κ3) is 1.74. The molecule has 1 heterocycles. The Bertz CT molecular complexity index is 205. The summed E-state index contributed by atoms with van der Waals surface area (Å²) in [6.45, 7) is 3.35. The Morgan fingerprint density at radius 2 is 2.33 bits per heavy atom. The van der Waals surface area contributed by atoms with Gasteiger partial charge in [0.25, 0.3) is 0 Å². The number of nitrogens with zero attached hydrogens (tertiary/aromatic N) is 2. The van der Waals surface area contributed by atoms with Crippen molar-refractivity contribution in [2.45, 2.75) is 0 Å². The van der Waals surface area contributed by atoms with Crippen LogP contribution in [0.3, 0.4) is 0 Å². The van der Waals surface area contributed by atoms with Crippen molar-refractivity contribution in [1.82, 2.24) is 4.98 Å². The van der Waals surface area contributed by atoms with Crippen LogP contribution in [0.5, 0.6) is 0 Å². The molecule has 0 amide bonds. The molecule has 0 saturated carbocycles. The van der Waals surface area contributed by atoms with Gasteiger partial charge >= 0.3 is 0 Å². The Morgan fingerprint density at radius 3 is 2.78 bits per heavy atom. The molecule has 0 aromatic carbocycles. The van der Waals surface area contributed by atoms with Gasteiger partial charge in [0.2, 0.25) is 0 Å². The van der Waals surface area contributed by atoms with Crippen LogP contribution in [-0.2, 0) is 0 Å². The molecule has 2 nitrogen and oxygen atoms in total. The van der Waals surface area contributed by atoms with E-state index in [2.05, 4.69) is 39.3 Å². The Morgan fingerprint density at radius 1 is 1.56 bits per heavy atom. The number of rotatable bonds is 1. The summed E-state index contributed by atoms with van der Waals surface area (Å²) in [7, 11) is 0. The monoisotopic (exact) mass is 232 g/mol. The second-order valence-corrected chi connectivity index (χ2v) is 2.74. The maximum atomic E-state index is 3.96. The van der Waals surface area contributed by atoms with Crippen LogP contribution < -0.4 is 0 Å². The number of aromatic nitrogens is 1. The Balaban J connectivity index is 3.01. The number of hydrogen-bond donors (Lipinski definition) is 0. The lowest BCUT2D eigenvalue weighted by Crippen LogP contribution is -1.73. The topological polar surface area (TPSA) is 25.2 Å². The van der Waals surface area contributed by atoms with Gasteiger partial charge in [-0.05, 0) is 41.4 Å². The van der Waals surface area contributed by atoms with Gasteiger partial charge in [-0.2, -0.15) is 0 Å². The third-order valence-corrected chi connectivity index (χ3v) is 1.51. The van der Waals surface area contributed by atoms with Crippen LogP contribution in [0, 0.1) is 3.57 Å². The predicted molar refractivity (Wildman–Crippen MR) is 46.2 cm³/mol. The molecular formula is C6H5IN2. The number of pyridine rings is 1. The minimum absolute atomic E-state index is 0.676. The molecule has 0 saturated heterocycles. The molecule has 0 spiro atoms. The summed E-state index contributed by atoms with van der Waals surface area (Å²) in [5.41, 5.74) is 0. The fourth-order valence-corrected chi connectivity index (χ4v) is 0.781. The van der Waals surface area contributed by atoms with E-state index in [1.54, 1.807) is 6.20 Å². The quantitative estimate of drug-likeness (QED) is 0.537. The zero-order chi connectivity index (χ0) is 6.69. The molecule has 0 aliphatic rings. The molecule has 0 aliphatic heterocycles. The van der Waals surface area contributed by atoms with Crippen molar-refractivity contribution in [3.05, 3.63) is 21.9 Å². The van der Waals surface area contributed by atoms with Gasteiger partial charge in [0.15, 0.2) is 5.82 Å². The third-order valence-electron chi connectivity index (χ3n) is 0.874. The highest BCUT2D eigenvalue weighted by Gasteiger charge is 1.86. The normalized spacial score (nSPS) is 9.00. The van der Waals surface area contributed by atoms with Crippen molar-refractivity contribution in [2.75, 3.05) is 0 Å². The zero-order valence-corrected chi connectivity index (χ0v) is 6.87. The molecule has 1 aromatic heterocycles. The van der Waals surface area contributed by atoms with Gasteiger partial charge in [-0.15, -0.1) is 0 Å². The van der Waals surface area contributed by atoms with E-state index in [4.69, 9.17) is 0 Å². The molecule has 1 aromatic rings. The van der Waals surface area contributed by atoms with E-state index in [1.165, 1.54) is 0 Å². The molecule has 46 valence electrons. The highest BCUT2D eigenvalue weighted by atomic mass is 127. The highest BCUT2D eigenvalue weighted by Crippen LogP contribution is 2.08. The van der Waals surface area contributed by atoms with Gasteiger partial charge in [-0.25, -0.2) is 9.98 Å². The van der Waals surface area contributed by atoms with E-state index in [9.17, 15) is 0 Å². The molecule has 0 fully saturated rings. The molecule has 9 heavy (non-hydrogen) atoms. The lowest BCUT2D eigenvalue weighted by molar-refractivity contribution is 1.27. The van der Waals surface area contributed by atoms with Crippen LogP contribution in [0.4, 0.5) is 5.82 Å². The molecule has 1 rings (SSSR count). The average molecular weight is 232 g/mol. The largest absolute Gasteiger partial charge is 0.245 e. The van der Waals surface area contributed by atoms with Gasteiger partial charge in [0.05, 0.1) is 0 Å². The second kappa shape index (κ2) is 2.91. The molecule has 3 heteroatoms. The minimum Gasteiger partial charge on any atom is -0.245 e. The van der Waals surface area contributed by atoms with Crippen LogP contribution in [0.2, 0.25) is 0 Å². The molecule has 0 N–H and O–H groups in total. The second-order valence-electron chi connectivity index (χ2n) is 1.49. The smallest absolute Gasteiger partial charge is 0.151 e. The summed E-state index contributed by atoms with van der Waals surface area (Å²) in [4.78, 5) is 7.61. The average Bonchev–Trinajstić information content (AvgIpc) is 1.90. The van der Waals surface area contributed by atoms with Crippen LogP contribution in [0.25, 0.3) is 0 Å². The van der Waals surface area contributed by atoms with Crippen molar-refractivity contribution >= 4 is 35.1 Å². The Labute approximate surface area is 67.2 Å². The summed E-state index contributed by atoms with van der Waals surface area (Å²) in [5.74, 6) is 0.676. The van der Waals surface area contributed by atoms with Crippen LogP contribution in [0.15, 0.2) is 23.3 Å². The number of hydrogen-bond acceptors (Lipinski definition) is 2. The SMILES string of the molecule is C=Nc1ccc(I)cn1. The van der Waals surface area contributed by atoms with E-state index in [0.29, 0.717) is 5.82 Å². The van der Waals surface area contributed by atoms with Crippen LogP contribution >= 0.6 is 22.6 Å². The van der Waals surface area contributed by atoms with E-state index in [0.717, 1.165) is 3.57 Å². The van der Waals surface area contributed by atoms with E-state index < -0.39 is 0 Å². The standard InChI is InChI=1S/C6H5IN2/c1-8-6-3-2-5(7)4-9-6/h2-4H,1H2. The summed E-state index contributed by atoms with van der Waals surface area (Å²) < 4.78 is 1.11. The van der Waals surface area contributed by atoms with Gasteiger partial charge in [0.1, 0.15) is 0 Å². The van der Waals surface area contributed by atoms with Crippen molar-refractivity contribution in [1.29, 1.82) is 0 Å². The lowest BCUT2D eigenvalue weighted by Gasteiger charge is -1.88. The predicted octanol–water partition coefficient (Wildman–Crippen LogP) is 2.02. The molecular weight excluding hydrogens is 227 g/mol. The summed E-state index contributed by atoms with van der Waals surface area (Å²) in [5, 5.41) is 0. The molecule has 0 radical (unpaired) electrons. The Kier molecular flexibility index (Phi) is 2.16. The lowest BCUT2D eigenvalue weighted by atomic mass is 10.5. The molecule has 0 bridgehead atoms. The summed E-state index contributed by atoms with van der Waals surface area (Å²) in [6.07, 6.45) is 1.75.